The third-order valence-corrected chi connectivity index (χ3v) is 2.70. The first-order valence-corrected chi connectivity index (χ1v) is 7.29. The molecular weight excluding hydrogens is 337 g/mol. The Balaban J connectivity index is 0. The molecule has 0 bridgehead atoms. The molecular formula is C11H21Cl2N5O4. The minimum Gasteiger partial charge on any atom is -0.480 e. The SMILES string of the molecule is N=C(N)NCCCC(NC(=O)CN)C(=O)O.O=C(CCl)CCl. The van der Waals surface area contributed by atoms with Crippen molar-refractivity contribution in [1.29, 1.82) is 5.41 Å². The molecule has 0 rings (SSSR count). The zero-order valence-corrected chi connectivity index (χ0v) is 13.4. The van der Waals surface area contributed by atoms with Gasteiger partial charge in [-0.3, -0.25) is 15.0 Å². The number of ketones is 1. The van der Waals surface area contributed by atoms with Crippen molar-refractivity contribution < 1.29 is 19.5 Å². The van der Waals surface area contributed by atoms with Gasteiger partial charge in [-0.15, -0.1) is 23.2 Å². The second kappa shape index (κ2) is 14.4. The molecule has 1 unspecified atom stereocenters. The fourth-order valence-corrected chi connectivity index (χ4v) is 1.36. The van der Waals surface area contributed by atoms with E-state index in [1.165, 1.54) is 0 Å². The van der Waals surface area contributed by atoms with Crippen LogP contribution in [0.2, 0.25) is 0 Å². The number of rotatable bonds is 9. The van der Waals surface area contributed by atoms with Crippen LogP contribution in [-0.2, 0) is 14.4 Å². The monoisotopic (exact) mass is 357 g/mol. The summed E-state index contributed by atoms with van der Waals surface area (Å²) in [6.07, 6.45) is 0.725. The summed E-state index contributed by atoms with van der Waals surface area (Å²) in [6.45, 7) is 0.146. The van der Waals surface area contributed by atoms with E-state index in [0.717, 1.165) is 0 Å². The molecule has 0 saturated heterocycles. The molecule has 1 amide bonds. The number of amides is 1. The fourth-order valence-electron chi connectivity index (χ4n) is 1.08. The van der Waals surface area contributed by atoms with Gasteiger partial charge in [0.05, 0.1) is 18.3 Å². The van der Waals surface area contributed by atoms with Crippen LogP contribution in [0.15, 0.2) is 0 Å². The lowest BCUT2D eigenvalue weighted by molar-refractivity contribution is -0.141. The van der Waals surface area contributed by atoms with Gasteiger partial charge in [0.15, 0.2) is 11.7 Å². The molecule has 0 aromatic carbocycles. The lowest BCUT2D eigenvalue weighted by Gasteiger charge is -2.13. The van der Waals surface area contributed by atoms with Crippen molar-refractivity contribution in [2.45, 2.75) is 18.9 Å². The number of alkyl halides is 2. The average Bonchev–Trinajstić information content (AvgIpc) is 2.49. The highest BCUT2D eigenvalue weighted by molar-refractivity contribution is 6.35. The number of nitrogens with two attached hydrogens (primary N) is 2. The van der Waals surface area contributed by atoms with Gasteiger partial charge in [0.25, 0.3) is 0 Å². The van der Waals surface area contributed by atoms with Gasteiger partial charge in [0.2, 0.25) is 5.91 Å². The average molecular weight is 358 g/mol. The van der Waals surface area contributed by atoms with Crippen molar-refractivity contribution in [3.63, 3.8) is 0 Å². The molecule has 0 radical (unpaired) electrons. The molecule has 0 aliphatic heterocycles. The first kappa shape index (κ1) is 22.7. The van der Waals surface area contributed by atoms with Crippen molar-refractivity contribution in [1.82, 2.24) is 10.6 Å². The van der Waals surface area contributed by atoms with Crippen molar-refractivity contribution in [3.8, 4) is 0 Å². The van der Waals surface area contributed by atoms with E-state index in [1.54, 1.807) is 0 Å². The van der Waals surface area contributed by atoms with E-state index in [-0.39, 0.29) is 36.5 Å². The van der Waals surface area contributed by atoms with Crippen LogP contribution in [0.5, 0.6) is 0 Å². The molecule has 0 saturated carbocycles. The number of hydrogen-bond acceptors (Lipinski definition) is 5. The number of hydrogen-bond donors (Lipinski definition) is 6. The third-order valence-electron chi connectivity index (χ3n) is 2.10. The smallest absolute Gasteiger partial charge is 0.326 e. The maximum Gasteiger partial charge on any atom is 0.326 e. The molecule has 0 aromatic heterocycles. The molecule has 0 heterocycles. The van der Waals surface area contributed by atoms with Crippen LogP contribution < -0.4 is 22.1 Å². The van der Waals surface area contributed by atoms with E-state index in [4.69, 9.17) is 45.2 Å². The standard InChI is InChI=1S/C8H17N5O3.C3H4Cl2O/c9-4-6(14)13-5(7(15)16)2-1-3-12-8(10)11;4-1-3(6)2-5/h5H,1-4,9H2,(H,13,14)(H,15,16)(H4,10,11,12);1-2H2. The summed E-state index contributed by atoms with van der Waals surface area (Å²) in [5, 5.41) is 20.5. The Morgan fingerprint density at radius 2 is 1.77 bits per heavy atom. The normalized spacial score (nSPS) is 10.7. The number of aliphatic carboxylic acids is 1. The third kappa shape index (κ3) is 14.8. The summed E-state index contributed by atoms with van der Waals surface area (Å²) >= 11 is 10.0. The molecule has 128 valence electrons. The van der Waals surface area contributed by atoms with E-state index in [0.29, 0.717) is 13.0 Å². The van der Waals surface area contributed by atoms with E-state index < -0.39 is 17.9 Å². The summed E-state index contributed by atoms with van der Waals surface area (Å²) in [7, 11) is 0. The molecule has 0 aliphatic rings. The number of Topliss-reactive ketones (excluding diaryl/α,β-unsaturated/α-hetero) is 1. The number of carboxylic acids is 1. The zero-order valence-electron chi connectivity index (χ0n) is 11.9. The Morgan fingerprint density at radius 1 is 1.23 bits per heavy atom. The molecule has 0 aromatic rings. The van der Waals surface area contributed by atoms with Gasteiger partial charge in [0, 0.05) is 6.54 Å². The zero-order chi connectivity index (χ0) is 17.5. The Labute approximate surface area is 138 Å². The van der Waals surface area contributed by atoms with Gasteiger partial charge < -0.3 is 27.2 Å². The maximum absolute atomic E-state index is 10.9. The Hall–Kier alpha value is -1.58. The number of carboxylic acid groups (broad SMARTS) is 1. The molecule has 0 spiro atoms. The quantitative estimate of drug-likeness (QED) is 0.130. The lowest BCUT2D eigenvalue weighted by atomic mass is 10.1. The van der Waals surface area contributed by atoms with Crippen molar-refractivity contribution in [2.75, 3.05) is 24.8 Å². The van der Waals surface area contributed by atoms with Crippen LogP contribution in [0, 0.1) is 5.41 Å². The first-order chi connectivity index (χ1) is 10.3. The van der Waals surface area contributed by atoms with Crippen LogP contribution in [0.4, 0.5) is 0 Å². The largest absolute Gasteiger partial charge is 0.480 e. The molecule has 11 heteroatoms. The molecule has 9 nitrogen and oxygen atoms in total. The molecule has 8 N–H and O–H groups in total. The topological polar surface area (TPSA) is 171 Å². The highest BCUT2D eigenvalue weighted by atomic mass is 35.5. The van der Waals surface area contributed by atoms with Crippen molar-refractivity contribution in [2.24, 2.45) is 11.5 Å². The summed E-state index contributed by atoms with van der Waals surface area (Å²) in [6, 6.07) is -0.954. The number of carbonyl (C=O) groups is 3. The van der Waals surface area contributed by atoms with Crippen molar-refractivity contribution in [3.05, 3.63) is 0 Å². The minimum atomic E-state index is -1.11. The van der Waals surface area contributed by atoms with E-state index in [2.05, 4.69) is 10.6 Å². The fraction of sp³-hybridized carbons (Fsp3) is 0.636. The van der Waals surface area contributed by atoms with Crippen LogP contribution >= 0.6 is 23.2 Å². The van der Waals surface area contributed by atoms with Crippen LogP contribution in [0.1, 0.15) is 12.8 Å². The summed E-state index contributed by atoms with van der Waals surface area (Å²) in [5.41, 5.74) is 10.1. The second-order valence-corrected chi connectivity index (χ2v) is 4.49. The second-order valence-electron chi connectivity index (χ2n) is 3.95. The molecule has 0 fully saturated rings. The predicted molar refractivity (Wildman–Crippen MR) is 84.2 cm³/mol. The van der Waals surface area contributed by atoms with Gasteiger partial charge in [-0.1, -0.05) is 0 Å². The molecule has 22 heavy (non-hydrogen) atoms. The van der Waals surface area contributed by atoms with Crippen molar-refractivity contribution >= 4 is 46.8 Å². The highest BCUT2D eigenvalue weighted by Gasteiger charge is 2.18. The molecule has 1 atom stereocenters. The van der Waals surface area contributed by atoms with Gasteiger partial charge in [-0.2, -0.15) is 0 Å². The predicted octanol–water partition coefficient (Wildman–Crippen LogP) is -1.19. The number of nitrogens with one attached hydrogen (secondary N) is 3. The van der Waals surface area contributed by atoms with E-state index in [9.17, 15) is 14.4 Å². The lowest BCUT2D eigenvalue weighted by Crippen LogP contribution is -2.44. The van der Waals surface area contributed by atoms with Gasteiger partial charge in [-0.05, 0) is 12.8 Å². The highest BCUT2D eigenvalue weighted by Crippen LogP contribution is 1.96. The van der Waals surface area contributed by atoms with Gasteiger partial charge in [-0.25, -0.2) is 4.79 Å². The number of halogens is 2. The Kier molecular flexibility index (Phi) is 14.8. The van der Waals surface area contributed by atoms with E-state index >= 15 is 0 Å². The Bertz CT molecular complexity index is 375. The number of guanidine groups is 1. The summed E-state index contributed by atoms with van der Waals surface area (Å²) in [5.74, 6) is -1.85. The summed E-state index contributed by atoms with van der Waals surface area (Å²) < 4.78 is 0. The van der Waals surface area contributed by atoms with E-state index in [1.807, 2.05) is 0 Å². The first-order valence-electron chi connectivity index (χ1n) is 6.22. The van der Waals surface area contributed by atoms with Gasteiger partial charge >= 0.3 is 5.97 Å². The number of carbonyl (C=O) groups excluding carboxylic acids is 2. The maximum atomic E-state index is 10.9. The van der Waals surface area contributed by atoms with Gasteiger partial charge in [0.1, 0.15) is 6.04 Å². The van der Waals surface area contributed by atoms with Crippen LogP contribution in [0.25, 0.3) is 0 Å². The summed E-state index contributed by atoms with van der Waals surface area (Å²) in [4.78, 5) is 31.6. The molecule has 0 aliphatic carbocycles. The van der Waals surface area contributed by atoms with Crippen LogP contribution in [0.3, 0.4) is 0 Å². The minimum absolute atomic E-state index is 0.0312. The van der Waals surface area contributed by atoms with Crippen LogP contribution in [-0.4, -0.2) is 59.6 Å². The Morgan fingerprint density at radius 3 is 2.09 bits per heavy atom.